The molecular weight excluding hydrogens is 286 g/mol. The number of β-amino-alcohol motifs (C(OH)–C–C–N with tert-alkyl or cyclic N) is 2. The van der Waals surface area contributed by atoms with Crippen molar-refractivity contribution in [1.82, 2.24) is 4.90 Å². The van der Waals surface area contributed by atoms with E-state index in [0.29, 0.717) is 5.56 Å². The van der Waals surface area contributed by atoms with Crippen molar-refractivity contribution >= 4 is 21.8 Å². The number of hydrogen-bond acceptors (Lipinski definition) is 3. The first-order valence-electron chi connectivity index (χ1n) is 5.40. The number of rotatable bonds is 1. The van der Waals surface area contributed by atoms with Crippen molar-refractivity contribution in [3.05, 3.63) is 33.8 Å². The number of amides is 1. The first kappa shape index (κ1) is 12.5. The molecule has 0 spiro atoms. The monoisotopic (exact) mass is 299 g/mol. The van der Waals surface area contributed by atoms with Crippen molar-refractivity contribution in [3.63, 3.8) is 0 Å². The zero-order chi connectivity index (χ0) is 12.6. The Labute approximate surface area is 108 Å². The molecule has 1 aliphatic heterocycles. The Hall–Kier alpha value is -0.910. The van der Waals surface area contributed by atoms with Crippen molar-refractivity contribution in [2.75, 3.05) is 13.1 Å². The average Bonchev–Trinajstić information content (AvgIpc) is 2.57. The van der Waals surface area contributed by atoms with E-state index in [-0.39, 0.29) is 19.0 Å². The number of likely N-dealkylation sites (tertiary alicyclic amines) is 1. The second kappa shape index (κ2) is 4.76. The number of aliphatic hydroxyl groups is 2. The van der Waals surface area contributed by atoms with Crippen molar-refractivity contribution in [2.24, 2.45) is 0 Å². The van der Waals surface area contributed by atoms with Gasteiger partial charge in [-0.3, -0.25) is 4.79 Å². The number of nitrogens with zero attached hydrogens (tertiary/aromatic N) is 1. The highest BCUT2D eigenvalue weighted by Crippen LogP contribution is 2.19. The highest BCUT2D eigenvalue weighted by molar-refractivity contribution is 9.10. The molecule has 92 valence electrons. The summed E-state index contributed by atoms with van der Waals surface area (Å²) in [6.07, 6.45) is -1.68. The summed E-state index contributed by atoms with van der Waals surface area (Å²) in [5.41, 5.74) is 1.56. The lowest BCUT2D eigenvalue weighted by Gasteiger charge is -2.15. The topological polar surface area (TPSA) is 60.8 Å². The fourth-order valence-electron chi connectivity index (χ4n) is 1.98. The number of carbonyl (C=O) groups excluding carboxylic acids is 1. The first-order chi connectivity index (χ1) is 7.97. The van der Waals surface area contributed by atoms with Crippen LogP contribution < -0.4 is 0 Å². The third kappa shape index (κ3) is 2.68. The molecule has 0 aromatic heterocycles. The Bertz CT molecular complexity index is 419. The van der Waals surface area contributed by atoms with Crippen LogP contribution in [0, 0.1) is 6.92 Å². The molecule has 0 aliphatic carbocycles. The standard InChI is InChI=1S/C12H14BrNO3/c1-7-2-8(4-9(13)3-7)12(17)14-5-10(15)11(16)6-14/h2-4,10-11,15-16H,5-6H2,1H3. The highest BCUT2D eigenvalue weighted by atomic mass is 79.9. The number of aliphatic hydroxyl groups excluding tert-OH is 2. The maximum Gasteiger partial charge on any atom is 0.254 e. The molecule has 2 N–H and O–H groups in total. The third-order valence-electron chi connectivity index (χ3n) is 2.84. The van der Waals surface area contributed by atoms with Gasteiger partial charge in [-0.1, -0.05) is 15.9 Å². The highest BCUT2D eigenvalue weighted by Gasteiger charge is 2.32. The summed E-state index contributed by atoms with van der Waals surface area (Å²) in [5.74, 6) is -0.162. The van der Waals surface area contributed by atoms with Crippen molar-refractivity contribution < 1.29 is 15.0 Å². The minimum Gasteiger partial charge on any atom is -0.388 e. The van der Waals surface area contributed by atoms with Crippen molar-refractivity contribution in [2.45, 2.75) is 19.1 Å². The first-order valence-corrected chi connectivity index (χ1v) is 6.19. The van der Waals surface area contributed by atoms with Crippen LogP contribution >= 0.6 is 15.9 Å². The van der Waals surface area contributed by atoms with Gasteiger partial charge in [0.15, 0.2) is 0 Å². The SMILES string of the molecule is Cc1cc(Br)cc(C(=O)N2CC(O)C(O)C2)c1. The number of carbonyl (C=O) groups is 1. The minimum absolute atomic E-state index is 0.162. The van der Waals surface area contributed by atoms with E-state index in [0.717, 1.165) is 10.0 Å². The summed E-state index contributed by atoms with van der Waals surface area (Å²) < 4.78 is 0.848. The summed E-state index contributed by atoms with van der Waals surface area (Å²) >= 11 is 3.34. The van der Waals surface area contributed by atoms with E-state index < -0.39 is 12.2 Å². The second-order valence-corrected chi connectivity index (χ2v) is 5.28. The maximum atomic E-state index is 12.1. The molecule has 1 aliphatic rings. The zero-order valence-corrected chi connectivity index (χ0v) is 11.0. The van der Waals surface area contributed by atoms with Gasteiger partial charge in [-0.25, -0.2) is 0 Å². The van der Waals surface area contributed by atoms with Gasteiger partial charge in [0.05, 0.1) is 12.2 Å². The van der Waals surface area contributed by atoms with Gasteiger partial charge in [-0.2, -0.15) is 0 Å². The van der Waals surface area contributed by atoms with Gasteiger partial charge >= 0.3 is 0 Å². The molecule has 0 bridgehead atoms. The summed E-state index contributed by atoms with van der Waals surface area (Å²) in [5, 5.41) is 18.8. The Morgan fingerprint density at radius 3 is 2.41 bits per heavy atom. The van der Waals surface area contributed by atoms with Crippen molar-refractivity contribution in [1.29, 1.82) is 0 Å². The van der Waals surface area contributed by atoms with Crippen LogP contribution in [-0.2, 0) is 0 Å². The van der Waals surface area contributed by atoms with Gasteiger partial charge in [0.1, 0.15) is 0 Å². The molecule has 2 rings (SSSR count). The predicted octanol–water partition coefficient (Wildman–Crippen LogP) is 0.935. The normalized spacial score (nSPS) is 24.1. The van der Waals surface area contributed by atoms with E-state index >= 15 is 0 Å². The van der Waals surface area contributed by atoms with Crippen LogP contribution in [0.15, 0.2) is 22.7 Å². The van der Waals surface area contributed by atoms with Gasteiger partial charge in [-0.15, -0.1) is 0 Å². The summed E-state index contributed by atoms with van der Waals surface area (Å²) in [7, 11) is 0. The van der Waals surface area contributed by atoms with Gasteiger partial charge in [-0.05, 0) is 30.7 Å². The smallest absolute Gasteiger partial charge is 0.254 e. The van der Waals surface area contributed by atoms with Crippen LogP contribution in [0.1, 0.15) is 15.9 Å². The van der Waals surface area contributed by atoms with E-state index in [9.17, 15) is 15.0 Å². The van der Waals surface area contributed by atoms with Crippen LogP contribution in [0.5, 0.6) is 0 Å². The molecule has 1 aromatic carbocycles. The summed E-state index contributed by atoms with van der Waals surface area (Å²) in [6.45, 7) is 2.28. The van der Waals surface area contributed by atoms with E-state index in [2.05, 4.69) is 15.9 Å². The molecule has 1 saturated heterocycles. The molecule has 1 fully saturated rings. The number of hydrogen-bond donors (Lipinski definition) is 2. The number of halogens is 1. The fraction of sp³-hybridized carbons (Fsp3) is 0.417. The van der Waals surface area contributed by atoms with Gasteiger partial charge in [0, 0.05) is 23.1 Å². The molecule has 2 unspecified atom stereocenters. The molecule has 1 heterocycles. The van der Waals surface area contributed by atoms with Crippen LogP contribution in [0.4, 0.5) is 0 Å². The van der Waals surface area contributed by atoms with Gasteiger partial charge < -0.3 is 15.1 Å². The largest absolute Gasteiger partial charge is 0.388 e. The third-order valence-corrected chi connectivity index (χ3v) is 3.29. The Balaban J connectivity index is 2.20. The number of aryl methyl sites for hydroxylation is 1. The van der Waals surface area contributed by atoms with E-state index in [4.69, 9.17) is 0 Å². The Kier molecular flexibility index (Phi) is 3.51. The van der Waals surface area contributed by atoms with Crippen molar-refractivity contribution in [3.8, 4) is 0 Å². The lowest BCUT2D eigenvalue weighted by molar-refractivity contribution is 0.0572. The molecule has 0 saturated carbocycles. The molecule has 17 heavy (non-hydrogen) atoms. The molecule has 1 amide bonds. The fourth-order valence-corrected chi connectivity index (χ4v) is 2.59. The van der Waals surface area contributed by atoms with Gasteiger partial charge in [0.25, 0.3) is 5.91 Å². The van der Waals surface area contributed by atoms with Crippen LogP contribution in [0.25, 0.3) is 0 Å². The van der Waals surface area contributed by atoms with Crippen LogP contribution in [-0.4, -0.2) is 46.3 Å². The number of benzene rings is 1. The van der Waals surface area contributed by atoms with E-state index in [1.165, 1.54) is 4.90 Å². The van der Waals surface area contributed by atoms with Gasteiger partial charge in [0.2, 0.25) is 0 Å². The lowest BCUT2D eigenvalue weighted by Crippen LogP contribution is -2.29. The minimum atomic E-state index is -0.841. The zero-order valence-electron chi connectivity index (χ0n) is 9.43. The molecular formula is C12H14BrNO3. The molecule has 4 nitrogen and oxygen atoms in total. The predicted molar refractivity (Wildman–Crippen MR) is 66.8 cm³/mol. The maximum absolute atomic E-state index is 12.1. The molecule has 5 heteroatoms. The molecule has 1 aromatic rings. The van der Waals surface area contributed by atoms with E-state index in [1.54, 1.807) is 12.1 Å². The van der Waals surface area contributed by atoms with Crippen LogP contribution in [0.2, 0.25) is 0 Å². The Morgan fingerprint density at radius 1 is 1.29 bits per heavy atom. The Morgan fingerprint density at radius 2 is 1.88 bits per heavy atom. The van der Waals surface area contributed by atoms with Crippen LogP contribution in [0.3, 0.4) is 0 Å². The average molecular weight is 300 g/mol. The summed E-state index contributed by atoms with van der Waals surface area (Å²) in [6, 6.07) is 5.46. The quantitative estimate of drug-likeness (QED) is 0.811. The summed E-state index contributed by atoms with van der Waals surface area (Å²) in [4.78, 5) is 13.6. The second-order valence-electron chi connectivity index (χ2n) is 4.36. The molecule has 2 atom stereocenters. The molecule has 0 radical (unpaired) electrons. The van der Waals surface area contributed by atoms with E-state index in [1.807, 2.05) is 13.0 Å². The lowest BCUT2D eigenvalue weighted by atomic mass is 10.1.